The number of carbonyl (C=O) groups is 1. The molecule has 8 heteroatoms. The lowest BCUT2D eigenvalue weighted by atomic mass is 10.2. The van der Waals surface area contributed by atoms with Crippen molar-refractivity contribution in [3.05, 3.63) is 51.3 Å². The summed E-state index contributed by atoms with van der Waals surface area (Å²) in [6.07, 6.45) is -1.94. The second-order valence-electron chi connectivity index (χ2n) is 3.93. The molecule has 1 aromatic heterocycles. The average molecular weight is 321 g/mol. The molecule has 0 amide bonds. The van der Waals surface area contributed by atoms with Gasteiger partial charge in [-0.3, -0.25) is 4.68 Å². The van der Waals surface area contributed by atoms with Crippen molar-refractivity contribution in [1.29, 1.82) is 0 Å². The van der Waals surface area contributed by atoms with Crippen LogP contribution < -0.4 is 0 Å². The van der Waals surface area contributed by atoms with Crippen LogP contribution in [0.25, 0.3) is 0 Å². The van der Waals surface area contributed by atoms with Crippen LogP contribution in [0.2, 0.25) is 10.0 Å². The van der Waals surface area contributed by atoms with Crippen molar-refractivity contribution >= 4 is 29.2 Å². The number of halogens is 4. The highest BCUT2D eigenvalue weighted by Gasteiger charge is 2.23. The van der Waals surface area contributed by atoms with Gasteiger partial charge in [-0.25, -0.2) is 13.6 Å². The number of aromatic nitrogens is 2. The molecule has 0 spiro atoms. The maximum absolute atomic E-state index is 12.7. The van der Waals surface area contributed by atoms with E-state index in [0.717, 1.165) is 10.9 Å². The normalized spacial score (nSPS) is 11.1. The zero-order valence-electron chi connectivity index (χ0n) is 9.86. The lowest BCUT2D eigenvalue weighted by molar-refractivity contribution is 0.0684. The predicted molar refractivity (Wildman–Crippen MR) is 69.7 cm³/mol. The lowest BCUT2D eigenvalue weighted by Crippen LogP contribution is -2.02. The monoisotopic (exact) mass is 320 g/mol. The van der Waals surface area contributed by atoms with E-state index in [-0.39, 0.29) is 6.54 Å². The fraction of sp³-hybridized carbons (Fsp3) is 0.167. The van der Waals surface area contributed by atoms with E-state index in [1.165, 1.54) is 0 Å². The molecule has 1 aromatic carbocycles. The molecular weight excluding hydrogens is 313 g/mol. The molecule has 0 aliphatic carbocycles. The maximum atomic E-state index is 12.7. The van der Waals surface area contributed by atoms with E-state index in [1.807, 2.05) is 0 Å². The number of aromatic carboxylic acids is 1. The SMILES string of the molecule is O=C(O)c1cn(Cc2c(Cl)cccc2Cl)nc1C(F)F. The number of carboxylic acid groups (broad SMARTS) is 1. The number of rotatable bonds is 4. The molecule has 0 saturated carbocycles. The van der Waals surface area contributed by atoms with E-state index < -0.39 is 23.7 Å². The largest absolute Gasteiger partial charge is 0.478 e. The van der Waals surface area contributed by atoms with Crippen LogP contribution in [0.3, 0.4) is 0 Å². The van der Waals surface area contributed by atoms with E-state index in [9.17, 15) is 13.6 Å². The van der Waals surface area contributed by atoms with Crippen LogP contribution in [0.15, 0.2) is 24.4 Å². The smallest absolute Gasteiger partial charge is 0.339 e. The van der Waals surface area contributed by atoms with Gasteiger partial charge < -0.3 is 5.11 Å². The third kappa shape index (κ3) is 2.91. The summed E-state index contributed by atoms with van der Waals surface area (Å²) in [7, 11) is 0. The van der Waals surface area contributed by atoms with E-state index in [1.54, 1.807) is 18.2 Å². The molecular formula is C12H8Cl2F2N2O2. The highest BCUT2D eigenvalue weighted by molar-refractivity contribution is 6.35. The Morgan fingerprint density at radius 3 is 2.40 bits per heavy atom. The number of benzene rings is 1. The topological polar surface area (TPSA) is 55.1 Å². The number of hydrogen-bond donors (Lipinski definition) is 1. The van der Waals surface area contributed by atoms with Crippen molar-refractivity contribution in [3.63, 3.8) is 0 Å². The van der Waals surface area contributed by atoms with Gasteiger partial charge in [0.25, 0.3) is 6.43 Å². The van der Waals surface area contributed by atoms with Gasteiger partial charge in [-0.2, -0.15) is 5.10 Å². The van der Waals surface area contributed by atoms with E-state index >= 15 is 0 Å². The Bertz CT molecular complexity index is 639. The summed E-state index contributed by atoms with van der Waals surface area (Å²) in [6.45, 7) is 0.00546. The van der Waals surface area contributed by atoms with Gasteiger partial charge in [0.2, 0.25) is 0 Å². The molecule has 0 aliphatic heterocycles. The van der Waals surface area contributed by atoms with E-state index in [2.05, 4.69) is 5.10 Å². The minimum Gasteiger partial charge on any atom is -0.478 e. The van der Waals surface area contributed by atoms with Crippen molar-refractivity contribution in [3.8, 4) is 0 Å². The Labute approximate surface area is 122 Å². The quantitative estimate of drug-likeness (QED) is 0.930. The zero-order chi connectivity index (χ0) is 14.9. The molecule has 0 bridgehead atoms. The van der Waals surface area contributed by atoms with Gasteiger partial charge in [0.15, 0.2) is 0 Å². The summed E-state index contributed by atoms with van der Waals surface area (Å²) < 4.78 is 26.5. The summed E-state index contributed by atoms with van der Waals surface area (Å²) in [5.41, 5.74) is -0.833. The zero-order valence-corrected chi connectivity index (χ0v) is 11.4. The predicted octanol–water partition coefficient (Wildman–Crippen LogP) is 3.87. The second-order valence-corrected chi connectivity index (χ2v) is 4.75. The number of hydrogen-bond acceptors (Lipinski definition) is 2. The van der Waals surface area contributed by atoms with Crippen molar-refractivity contribution in [1.82, 2.24) is 9.78 Å². The van der Waals surface area contributed by atoms with Crippen LogP contribution in [0.4, 0.5) is 8.78 Å². The Hall–Kier alpha value is -1.66. The molecule has 106 valence electrons. The van der Waals surface area contributed by atoms with Crippen LogP contribution in [0, 0.1) is 0 Å². The van der Waals surface area contributed by atoms with Gasteiger partial charge in [0.1, 0.15) is 11.3 Å². The molecule has 0 fully saturated rings. The minimum atomic E-state index is -2.97. The van der Waals surface area contributed by atoms with E-state index in [0.29, 0.717) is 15.6 Å². The Morgan fingerprint density at radius 2 is 1.95 bits per heavy atom. The van der Waals surface area contributed by atoms with Gasteiger partial charge >= 0.3 is 5.97 Å². The molecule has 0 saturated heterocycles. The first-order valence-electron chi connectivity index (χ1n) is 5.42. The van der Waals surface area contributed by atoms with Gasteiger partial charge in [-0.1, -0.05) is 29.3 Å². The molecule has 0 atom stereocenters. The molecule has 2 rings (SSSR count). The van der Waals surface area contributed by atoms with Gasteiger partial charge in [0, 0.05) is 21.8 Å². The first-order valence-corrected chi connectivity index (χ1v) is 6.17. The molecule has 20 heavy (non-hydrogen) atoms. The van der Waals surface area contributed by atoms with Gasteiger partial charge in [0.05, 0.1) is 6.54 Å². The maximum Gasteiger partial charge on any atom is 0.339 e. The molecule has 4 nitrogen and oxygen atoms in total. The van der Waals surface area contributed by atoms with Gasteiger partial charge in [-0.05, 0) is 12.1 Å². The fourth-order valence-corrected chi connectivity index (χ4v) is 2.21. The molecule has 0 radical (unpaired) electrons. The molecule has 0 unspecified atom stereocenters. The summed E-state index contributed by atoms with van der Waals surface area (Å²) in [5, 5.41) is 13.1. The summed E-state index contributed by atoms with van der Waals surface area (Å²) in [5.74, 6) is -1.46. The van der Waals surface area contributed by atoms with Crippen LogP contribution in [-0.2, 0) is 6.54 Å². The summed E-state index contributed by atoms with van der Waals surface area (Å²) >= 11 is 11.9. The van der Waals surface area contributed by atoms with E-state index in [4.69, 9.17) is 28.3 Å². The minimum absolute atomic E-state index is 0.00546. The van der Waals surface area contributed by atoms with Crippen LogP contribution in [-0.4, -0.2) is 20.9 Å². The second kappa shape index (κ2) is 5.76. The highest BCUT2D eigenvalue weighted by atomic mass is 35.5. The molecule has 0 aliphatic rings. The third-order valence-electron chi connectivity index (χ3n) is 2.61. The Morgan fingerprint density at radius 1 is 1.35 bits per heavy atom. The van der Waals surface area contributed by atoms with Crippen LogP contribution in [0.5, 0.6) is 0 Å². The van der Waals surface area contributed by atoms with Crippen LogP contribution in [0.1, 0.15) is 28.0 Å². The number of alkyl halides is 2. The van der Waals surface area contributed by atoms with Crippen molar-refractivity contribution in [2.45, 2.75) is 13.0 Å². The Balaban J connectivity index is 2.40. The Kier molecular flexibility index (Phi) is 4.25. The third-order valence-corrected chi connectivity index (χ3v) is 3.32. The van der Waals surface area contributed by atoms with Crippen molar-refractivity contribution in [2.75, 3.05) is 0 Å². The standard InChI is InChI=1S/C12H8Cl2F2N2O2/c13-8-2-1-3-9(14)6(8)4-18-5-7(12(19)20)10(17-18)11(15)16/h1-3,5,11H,4H2,(H,19,20). The number of carboxylic acids is 1. The first kappa shape index (κ1) is 14.7. The number of nitrogens with zero attached hydrogens (tertiary/aromatic N) is 2. The van der Waals surface area contributed by atoms with Crippen molar-refractivity contribution in [2.24, 2.45) is 0 Å². The summed E-state index contributed by atoms with van der Waals surface area (Å²) in [4.78, 5) is 10.9. The molecule has 1 N–H and O–H groups in total. The first-order chi connectivity index (χ1) is 9.40. The fourth-order valence-electron chi connectivity index (χ4n) is 1.69. The van der Waals surface area contributed by atoms with Gasteiger partial charge in [-0.15, -0.1) is 0 Å². The molecule has 1 heterocycles. The lowest BCUT2D eigenvalue weighted by Gasteiger charge is -2.06. The van der Waals surface area contributed by atoms with Crippen LogP contribution >= 0.6 is 23.2 Å². The summed E-state index contributed by atoms with van der Waals surface area (Å²) in [6, 6.07) is 4.83. The van der Waals surface area contributed by atoms with Crippen molar-refractivity contribution < 1.29 is 18.7 Å². The highest BCUT2D eigenvalue weighted by Crippen LogP contribution is 2.26. The molecule has 2 aromatic rings. The average Bonchev–Trinajstić information content (AvgIpc) is 2.78.